The third-order valence-electron chi connectivity index (χ3n) is 2.04. The van der Waals surface area contributed by atoms with E-state index in [0.717, 1.165) is 0 Å². The highest BCUT2D eigenvalue weighted by atomic mass is 79.9. The number of hydrogen-bond donors (Lipinski definition) is 1. The lowest BCUT2D eigenvalue weighted by atomic mass is 10.3. The maximum absolute atomic E-state index is 11.5. The fraction of sp³-hybridized carbons (Fsp3) is 0.375. The van der Waals surface area contributed by atoms with Crippen LogP contribution in [-0.2, 0) is 4.79 Å². The van der Waals surface area contributed by atoms with Gasteiger partial charge in [-0.1, -0.05) is 11.6 Å². The smallest absolute Gasteiger partial charge is 0.230 e. The maximum atomic E-state index is 11.5. The number of halogens is 2. The lowest BCUT2D eigenvalue weighted by Crippen LogP contribution is -2.26. The molecule has 5 nitrogen and oxygen atoms in total. The number of aliphatic hydroxyl groups is 1. The van der Waals surface area contributed by atoms with Crippen LogP contribution in [0.2, 0.25) is 5.15 Å². The van der Waals surface area contributed by atoms with Crippen molar-refractivity contribution in [3.8, 4) is 0 Å². The number of carbonyl (C=O) groups excluding carboxylic acids is 1. The zero-order valence-corrected chi connectivity index (χ0v) is 9.86. The minimum absolute atomic E-state index is 0.112. The fourth-order valence-corrected chi connectivity index (χ4v) is 1.94. The van der Waals surface area contributed by atoms with Crippen molar-refractivity contribution >= 4 is 39.3 Å². The van der Waals surface area contributed by atoms with Crippen molar-refractivity contribution in [1.29, 1.82) is 0 Å². The van der Waals surface area contributed by atoms with Gasteiger partial charge in [-0.15, -0.1) is 0 Å². The van der Waals surface area contributed by atoms with Crippen LogP contribution in [0.25, 0.3) is 0 Å². The molecule has 1 fully saturated rings. The third kappa shape index (κ3) is 2.11. The first-order chi connectivity index (χ1) is 7.08. The Balaban J connectivity index is 2.37. The topological polar surface area (TPSA) is 66.3 Å². The zero-order chi connectivity index (χ0) is 11.0. The van der Waals surface area contributed by atoms with Gasteiger partial charge in [0, 0.05) is 0 Å². The molecular weight excluding hydrogens is 285 g/mol. The van der Waals surface area contributed by atoms with Crippen LogP contribution in [0.4, 0.5) is 5.82 Å². The zero-order valence-electron chi connectivity index (χ0n) is 7.52. The van der Waals surface area contributed by atoms with Crippen LogP contribution < -0.4 is 4.90 Å². The van der Waals surface area contributed by atoms with Crippen LogP contribution in [0.15, 0.2) is 10.8 Å². The molecule has 0 aliphatic carbocycles. The Morgan fingerprint density at radius 2 is 2.40 bits per heavy atom. The molecule has 1 aliphatic rings. The minimum atomic E-state index is -0.648. The highest BCUT2D eigenvalue weighted by molar-refractivity contribution is 9.10. The molecule has 1 N–H and O–H groups in total. The summed E-state index contributed by atoms with van der Waals surface area (Å²) < 4.78 is 0.439. The second-order valence-corrected chi connectivity index (χ2v) is 4.31. The van der Waals surface area contributed by atoms with Crippen LogP contribution in [0, 0.1) is 0 Å². The Morgan fingerprint density at radius 3 is 3.00 bits per heavy atom. The van der Waals surface area contributed by atoms with E-state index in [0.29, 0.717) is 10.4 Å². The summed E-state index contributed by atoms with van der Waals surface area (Å²) in [5.74, 6) is 0.170. The standard InChI is InChI=1S/C8H7BrClN3O2/c9-7-8(12-5(10)2-11-7)13-3-4(14)1-6(13)15/h2,4,14H,1,3H2. The quantitative estimate of drug-likeness (QED) is 0.838. The van der Waals surface area contributed by atoms with Gasteiger partial charge in [-0.3, -0.25) is 9.69 Å². The molecule has 1 saturated heterocycles. The SMILES string of the molecule is O=C1CC(O)CN1c1nc(Cl)cnc1Br. The van der Waals surface area contributed by atoms with E-state index in [1.54, 1.807) is 0 Å². The van der Waals surface area contributed by atoms with E-state index in [9.17, 15) is 9.90 Å². The number of nitrogens with zero attached hydrogens (tertiary/aromatic N) is 3. The summed E-state index contributed by atoms with van der Waals surface area (Å²) in [7, 11) is 0. The van der Waals surface area contributed by atoms with Crippen molar-refractivity contribution < 1.29 is 9.90 Å². The number of rotatable bonds is 1. The summed E-state index contributed by atoms with van der Waals surface area (Å²) in [4.78, 5) is 20.8. The molecule has 0 radical (unpaired) electrons. The first-order valence-corrected chi connectivity index (χ1v) is 5.41. The van der Waals surface area contributed by atoms with Crippen molar-refractivity contribution in [3.05, 3.63) is 16.0 Å². The predicted molar refractivity (Wildman–Crippen MR) is 57.7 cm³/mol. The Bertz CT molecular complexity index is 415. The Labute approximate surface area is 99.2 Å². The molecular formula is C8H7BrClN3O2. The molecule has 1 unspecified atom stereocenters. The molecule has 15 heavy (non-hydrogen) atoms. The molecule has 0 saturated carbocycles. The second-order valence-electron chi connectivity index (χ2n) is 3.17. The number of aliphatic hydroxyl groups excluding tert-OH is 1. The molecule has 1 aromatic heterocycles. The van der Waals surface area contributed by atoms with E-state index >= 15 is 0 Å². The first kappa shape index (κ1) is 10.8. The molecule has 1 aliphatic heterocycles. The molecule has 80 valence electrons. The van der Waals surface area contributed by atoms with E-state index in [-0.39, 0.29) is 24.0 Å². The normalized spacial score (nSPS) is 21.1. The molecule has 0 spiro atoms. The van der Waals surface area contributed by atoms with E-state index in [1.165, 1.54) is 11.1 Å². The average Bonchev–Trinajstić information content (AvgIpc) is 2.50. The van der Waals surface area contributed by atoms with E-state index in [4.69, 9.17) is 11.6 Å². The van der Waals surface area contributed by atoms with Crippen molar-refractivity contribution in [2.75, 3.05) is 11.4 Å². The number of β-amino-alcohol motifs (C(OH)–C–C–N with tert-alkyl or cyclic N) is 1. The molecule has 7 heteroatoms. The first-order valence-electron chi connectivity index (χ1n) is 4.24. The van der Waals surface area contributed by atoms with Gasteiger partial charge >= 0.3 is 0 Å². The molecule has 1 aromatic rings. The molecule has 1 amide bonds. The predicted octanol–water partition coefficient (Wildman–Crippen LogP) is 0.990. The Kier molecular flexibility index (Phi) is 2.90. The van der Waals surface area contributed by atoms with Gasteiger partial charge in [0.05, 0.1) is 25.3 Å². The van der Waals surface area contributed by atoms with E-state index in [2.05, 4.69) is 25.9 Å². The second kappa shape index (κ2) is 4.03. The molecule has 2 heterocycles. The molecule has 0 aromatic carbocycles. The monoisotopic (exact) mass is 291 g/mol. The van der Waals surface area contributed by atoms with Crippen LogP contribution in [-0.4, -0.2) is 33.6 Å². The Hall–Kier alpha value is -0.720. The Morgan fingerprint density at radius 1 is 1.67 bits per heavy atom. The maximum Gasteiger partial charge on any atom is 0.230 e. The lowest BCUT2D eigenvalue weighted by Gasteiger charge is -2.15. The van der Waals surface area contributed by atoms with Gasteiger partial charge in [-0.25, -0.2) is 9.97 Å². The summed E-state index contributed by atoms with van der Waals surface area (Å²) in [6, 6.07) is 0. The summed E-state index contributed by atoms with van der Waals surface area (Å²) in [5.41, 5.74) is 0. The van der Waals surface area contributed by atoms with Gasteiger partial charge in [0.25, 0.3) is 0 Å². The summed E-state index contributed by atoms with van der Waals surface area (Å²) in [5, 5.41) is 9.54. The van der Waals surface area contributed by atoms with Crippen LogP contribution in [0.1, 0.15) is 6.42 Å². The van der Waals surface area contributed by atoms with E-state index in [1.807, 2.05) is 0 Å². The fourth-order valence-electron chi connectivity index (χ4n) is 1.41. The summed E-state index contributed by atoms with van der Waals surface area (Å²) in [6.45, 7) is 0.229. The number of anilines is 1. The highest BCUT2D eigenvalue weighted by Crippen LogP contribution is 2.27. The van der Waals surface area contributed by atoms with Crippen molar-refractivity contribution in [3.63, 3.8) is 0 Å². The number of hydrogen-bond acceptors (Lipinski definition) is 4. The van der Waals surface area contributed by atoms with Gasteiger partial charge in [0.15, 0.2) is 5.82 Å². The van der Waals surface area contributed by atoms with Gasteiger partial charge in [-0.05, 0) is 15.9 Å². The molecule has 1 atom stereocenters. The largest absolute Gasteiger partial charge is 0.391 e. The minimum Gasteiger partial charge on any atom is -0.391 e. The molecule has 0 bridgehead atoms. The van der Waals surface area contributed by atoms with Crippen LogP contribution in [0.3, 0.4) is 0 Å². The van der Waals surface area contributed by atoms with E-state index < -0.39 is 6.10 Å². The third-order valence-corrected chi connectivity index (χ3v) is 2.78. The van der Waals surface area contributed by atoms with Crippen molar-refractivity contribution in [2.24, 2.45) is 0 Å². The summed E-state index contributed by atoms with van der Waals surface area (Å²) in [6.07, 6.45) is 0.845. The van der Waals surface area contributed by atoms with Crippen LogP contribution in [0.5, 0.6) is 0 Å². The number of aromatic nitrogens is 2. The number of amides is 1. The van der Waals surface area contributed by atoms with Gasteiger partial charge < -0.3 is 5.11 Å². The van der Waals surface area contributed by atoms with Crippen LogP contribution >= 0.6 is 27.5 Å². The van der Waals surface area contributed by atoms with Crippen molar-refractivity contribution in [1.82, 2.24) is 9.97 Å². The van der Waals surface area contributed by atoms with Crippen molar-refractivity contribution in [2.45, 2.75) is 12.5 Å². The highest BCUT2D eigenvalue weighted by Gasteiger charge is 2.31. The average molecular weight is 293 g/mol. The summed E-state index contributed by atoms with van der Waals surface area (Å²) >= 11 is 8.86. The lowest BCUT2D eigenvalue weighted by molar-refractivity contribution is -0.117. The van der Waals surface area contributed by atoms with Gasteiger partial charge in [-0.2, -0.15) is 0 Å². The van der Waals surface area contributed by atoms with Gasteiger partial charge in [0.2, 0.25) is 5.91 Å². The number of carbonyl (C=O) groups is 1. The molecule has 2 rings (SSSR count). The van der Waals surface area contributed by atoms with Gasteiger partial charge in [0.1, 0.15) is 9.76 Å².